The van der Waals surface area contributed by atoms with E-state index in [2.05, 4.69) is 12.1 Å². The smallest absolute Gasteiger partial charge is 0.229 e. The quantitative estimate of drug-likeness (QED) is 0.495. The molecule has 1 aliphatic heterocycles. The molecule has 2 aromatic carbocycles. The minimum Gasteiger partial charge on any atom is -0.464 e. The third-order valence-electron chi connectivity index (χ3n) is 5.25. The van der Waals surface area contributed by atoms with Gasteiger partial charge in [0.1, 0.15) is 35.7 Å². The SMILES string of the molecule is OC[C@H]1O[C@@H](Oc2cccc3occ(CCc4ccccc4)c23)[C@H](O)[C@@H](O)[C@@H]1O. The number of furan rings is 1. The van der Waals surface area contributed by atoms with E-state index >= 15 is 0 Å². The van der Waals surface area contributed by atoms with Gasteiger partial charge in [-0.15, -0.1) is 0 Å². The number of aliphatic hydroxyl groups excluding tert-OH is 4. The molecule has 7 nitrogen and oxygen atoms in total. The number of aryl methyl sites for hydroxylation is 2. The third kappa shape index (κ3) is 4.01. The molecule has 1 saturated heterocycles. The number of benzene rings is 2. The number of ether oxygens (including phenoxy) is 2. The van der Waals surface area contributed by atoms with Crippen molar-refractivity contribution in [3.05, 3.63) is 65.9 Å². The van der Waals surface area contributed by atoms with E-state index in [1.165, 1.54) is 5.56 Å². The van der Waals surface area contributed by atoms with Crippen LogP contribution in [0.5, 0.6) is 5.75 Å². The van der Waals surface area contributed by atoms with Crippen LogP contribution < -0.4 is 4.74 Å². The van der Waals surface area contributed by atoms with E-state index < -0.39 is 37.3 Å². The van der Waals surface area contributed by atoms with Gasteiger partial charge in [0, 0.05) is 5.56 Å². The maximum Gasteiger partial charge on any atom is 0.229 e. The summed E-state index contributed by atoms with van der Waals surface area (Å²) in [5.41, 5.74) is 2.79. The number of hydrogen-bond acceptors (Lipinski definition) is 7. The van der Waals surface area contributed by atoms with Crippen LogP contribution in [-0.4, -0.2) is 57.7 Å². The molecule has 0 aliphatic carbocycles. The van der Waals surface area contributed by atoms with Gasteiger partial charge in [-0.1, -0.05) is 36.4 Å². The highest BCUT2D eigenvalue weighted by Crippen LogP contribution is 2.34. The molecule has 4 N–H and O–H groups in total. The first-order chi connectivity index (χ1) is 14.1. The molecule has 5 atom stereocenters. The zero-order valence-corrected chi connectivity index (χ0v) is 15.7. The van der Waals surface area contributed by atoms with Crippen LogP contribution in [0.15, 0.2) is 59.2 Å². The third-order valence-corrected chi connectivity index (χ3v) is 5.25. The molecule has 4 rings (SSSR count). The molecule has 0 unspecified atom stereocenters. The van der Waals surface area contributed by atoms with Gasteiger partial charge in [-0.3, -0.25) is 0 Å². The molecule has 7 heteroatoms. The van der Waals surface area contributed by atoms with Crippen LogP contribution in [0, 0.1) is 0 Å². The predicted octanol–water partition coefficient (Wildman–Crippen LogP) is 1.40. The number of hydrogen-bond donors (Lipinski definition) is 4. The molecule has 0 amide bonds. The summed E-state index contributed by atoms with van der Waals surface area (Å²) in [6, 6.07) is 15.4. The Bertz CT molecular complexity index is 937. The first-order valence-corrected chi connectivity index (χ1v) is 9.58. The Morgan fingerprint density at radius 1 is 0.862 bits per heavy atom. The number of fused-ring (bicyclic) bond motifs is 1. The van der Waals surface area contributed by atoms with E-state index in [1.54, 1.807) is 18.4 Å². The maximum atomic E-state index is 10.3. The first-order valence-electron chi connectivity index (χ1n) is 9.58. The minimum atomic E-state index is -1.49. The summed E-state index contributed by atoms with van der Waals surface area (Å²) in [7, 11) is 0. The molecule has 3 aromatic rings. The summed E-state index contributed by atoms with van der Waals surface area (Å²) in [5, 5.41) is 40.3. The lowest BCUT2D eigenvalue weighted by Crippen LogP contribution is -2.60. The fourth-order valence-corrected chi connectivity index (χ4v) is 3.61. The highest BCUT2D eigenvalue weighted by Gasteiger charge is 2.44. The lowest BCUT2D eigenvalue weighted by Gasteiger charge is -2.39. The molecule has 29 heavy (non-hydrogen) atoms. The fraction of sp³-hybridized carbons (Fsp3) is 0.364. The first kappa shape index (κ1) is 19.9. The zero-order chi connectivity index (χ0) is 20.4. The van der Waals surface area contributed by atoms with Crippen molar-refractivity contribution < 1.29 is 34.3 Å². The molecule has 2 heterocycles. The lowest BCUT2D eigenvalue weighted by atomic mass is 9.99. The second-order valence-corrected chi connectivity index (χ2v) is 7.19. The summed E-state index contributed by atoms with van der Waals surface area (Å²) in [6.07, 6.45) is -3.42. The number of rotatable bonds is 6. The monoisotopic (exact) mass is 400 g/mol. The van der Waals surface area contributed by atoms with Crippen LogP contribution >= 0.6 is 0 Å². The van der Waals surface area contributed by atoms with Gasteiger partial charge in [-0.2, -0.15) is 0 Å². The van der Waals surface area contributed by atoms with Gasteiger partial charge in [0.2, 0.25) is 6.29 Å². The molecular weight excluding hydrogens is 376 g/mol. The average molecular weight is 400 g/mol. The van der Waals surface area contributed by atoms with Gasteiger partial charge in [0.15, 0.2) is 0 Å². The highest BCUT2D eigenvalue weighted by molar-refractivity contribution is 5.87. The van der Waals surface area contributed by atoms with Crippen LogP contribution in [0.25, 0.3) is 11.0 Å². The van der Waals surface area contributed by atoms with Gasteiger partial charge < -0.3 is 34.3 Å². The zero-order valence-electron chi connectivity index (χ0n) is 15.7. The second-order valence-electron chi connectivity index (χ2n) is 7.19. The maximum absolute atomic E-state index is 10.3. The van der Waals surface area contributed by atoms with Crippen molar-refractivity contribution in [3.8, 4) is 5.75 Å². The lowest BCUT2D eigenvalue weighted by molar-refractivity contribution is -0.277. The van der Waals surface area contributed by atoms with Crippen molar-refractivity contribution >= 4 is 11.0 Å². The topological polar surface area (TPSA) is 113 Å². The molecule has 0 bridgehead atoms. The second kappa shape index (κ2) is 8.52. The van der Waals surface area contributed by atoms with E-state index in [0.29, 0.717) is 11.3 Å². The minimum absolute atomic E-state index is 0.434. The summed E-state index contributed by atoms with van der Waals surface area (Å²) in [5.74, 6) is 0.434. The average Bonchev–Trinajstić information content (AvgIpc) is 3.17. The Hall–Kier alpha value is -2.42. The normalized spacial score (nSPS) is 27.2. The van der Waals surface area contributed by atoms with Crippen LogP contribution in [0.1, 0.15) is 11.1 Å². The Morgan fingerprint density at radius 3 is 2.41 bits per heavy atom. The van der Waals surface area contributed by atoms with Crippen LogP contribution in [-0.2, 0) is 17.6 Å². The predicted molar refractivity (Wildman–Crippen MR) is 104 cm³/mol. The van der Waals surface area contributed by atoms with Crippen molar-refractivity contribution in [1.29, 1.82) is 0 Å². The molecule has 154 valence electrons. The fourth-order valence-electron chi connectivity index (χ4n) is 3.61. The molecule has 0 saturated carbocycles. The summed E-state index contributed by atoms with van der Waals surface area (Å²) in [6.45, 7) is -0.511. The summed E-state index contributed by atoms with van der Waals surface area (Å²) >= 11 is 0. The van der Waals surface area contributed by atoms with Gasteiger partial charge in [0.25, 0.3) is 0 Å². The van der Waals surface area contributed by atoms with Gasteiger partial charge in [-0.25, -0.2) is 0 Å². The summed E-state index contributed by atoms with van der Waals surface area (Å²) in [4.78, 5) is 0. The van der Waals surface area contributed by atoms with Crippen LogP contribution in [0.3, 0.4) is 0 Å². The molecule has 0 spiro atoms. The van der Waals surface area contributed by atoms with E-state index in [-0.39, 0.29) is 0 Å². The van der Waals surface area contributed by atoms with Gasteiger partial charge in [-0.05, 0) is 30.5 Å². The molecular formula is C22H24O7. The summed E-state index contributed by atoms with van der Waals surface area (Å²) < 4.78 is 17.0. The Balaban J connectivity index is 1.58. The molecule has 1 aromatic heterocycles. The molecule has 1 fully saturated rings. The highest BCUT2D eigenvalue weighted by atomic mass is 16.7. The van der Waals surface area contributed by atoms with Gasteiger partial charge >= 0.3 is 0 Å². The number of aliphatic hydroxyl groups is 4. The largest absolute Gasteiger partial charge is 0.464 e. The molecule has 0 radical (unpaired) electrons. The Morgan fingerprint density at radius 2 is 1.66 bits per heavy atom. The van der Waals surface area contributed by atoms with Crippen LogP contribution in [0.2, 0.25) is 0 Å². The van der Waals surface area contributed by atoms with Crippen molar-refractivity contribution in [1.82, 2.24) is 0 Å². The van der Waals surface area contributed by atoms with Gasteiger partial charge in [0.05, 0.1) is 18.3 Å². The standard InChI is InChI=1S/C22H24O7/c23-11-17-19(24)20(25)21(26)22(29-17)28-16-8-4-7-15-18(16)14(12-27-15)10-9-13-5-2-1-3-6-13/h1-8,12,17,19-26H,9-11H2/t17-,19-,20+,21-,22-/m1/s1. The van der Waals surface area contributed by atoms with Crippen molar-refractivity contribution in [2.45, 2.75) is 43.5 Å². The van der Waals surface area contributed by atoms with Crippen molar-refractivity contribution in [2.75, 3.05) is 6.61 Å². The Labute approximate surface area is 167 Å². The van der Waals surface area contributed by atoms with Crippen molar-refractivity contribution in [2.24, 2.45) is 0 Å². The van der Waals surface area contributed by atoms with E-state index in [1.807, 2.05) is 24.3 Å². The van der Waals surface area contributed by atoms with E-state index in [4.69, 9.17) is 13.9 Å². The van der Waals surface area contributed by atoms with E-state index in [0.717, 1.165) is 23.8 Å². The van der Waals surface area contributed by atoms with Crippen molar-refractivity contribution in [3.63, 3.8) is 0 Å². The Kier molecular flexibility index (Phi) is 5.84. The molecule has 1 aliphatic rings. The van der Waals surface area contributed by atoms with Crippen LogP contribution in [0.4, 0.5) is 0 Å². The van der Waals surface area contributed by atoms with E-state index in [9.17, 15) is 20.4 Å².